The van der Waals surface area contributed by atoms with Crippen LogP contribution in [0.1, 0.15) is 49.7 Å². The summed E-state index contributed by atoms with van der Waals surface area (Å²) in [5.74, 6) is 3.31. The Morgan fingerprint density at radius 3 is 2.18 bits per heavy atom. The lowest BCUT2D eigenvalue weighted by Gasteiger charge is -2.57. The first kappa shape index (κ1) is 13.0. The predicted molar refractivity (Wildman–Crippen MR) is 90.2 cm³/mol. The quantitative estimate of drug-likeness (QED) is 0.754. The molecule has 0 aromatic heterocycles. The lowest BCUT2D eigenvalue weighted by atomic mass is 9.47. The number of phenols is 1. The van der Waals surface area contributed by atoms with Gasteiger partial charge in [-0.1, -0.05) is 24.3 Å². The fourth-order valence-electron chi connectivity index (χ4n) is 6.46. The van der Waals surface area contributed by atoms with Crippen LogP contribution in [0.25, 0.3) is 10.8 Å². The third-order valence-corrected chi connectivity index (χ3v) is 6.84. The summed E-state index contributed by atoms with van der Waals surface area (Å²) < 4.78 is 0. The number of hydrogen-bond acceptors (Lipinski definition) is 1. The SMILES string of the molecule is Cc1cccc2c(O)ccc(C34CC5CC(CC(C5)C3)C4)c12. The molecule has 1 heteroatoms. The first-order valence-electron chi connectivity index (χ1n) is 8.86. The highest BCUT2D eigenvalue weighted by atomic mass is 16.3. The van der Waals surface area contributed by atoms with Crippen LogP contribution in [-0.4, -0.2) is 5.11 Å². The van der Waals surface area contributed by atoms with Crippen LogP contribution < -0.4 is 0 Å². The molecule has 4 bridgehead atoms. The van der Waals surface area contributed by atoms with Crippen LogP contribution in [0.15, 0.2) is 30.3 Å². The Labute approximate surface area is 132 Å². The van der Waals surface area contributed by atoms with E-state index in [0.717, 1.165) is 23.1 Å². The van der Waals surface area contributed by atoms with Gasteiger partial charge in [0.05, 0.1) is 0 Å². The second kappa shape index (κ2) is 4.28. The van der Waals surface area contributed by atoms with Gasteiger partial charge in [0.15, 0.2) is 0 Å². The largest absolute Gasteiger partial charge is 0.507 e. The molecule has 4 fully saturated rings. The van der Waals surface area contributed by atoms with E-state index in [9.17, 15) is 5.11 Å². The van der Waals surface area contributed by atoms with Gasteiger partial charge >= 0.3 is 0 Å². The van der Waals surface area contributed by atoms with Crippen LogP contribution in [0.2, 0.25) is 0 Å². The van der Waals surface area contributed by atoms with Crippen molar-refractivity contribution in [3.05, 3.63) is 41.5 Å². The molecular formula is C21H24O. The molecule has 2 aromatic rings. The molecule has 6 rings (SSSR count). The Bertz CT molecular complexity index is 723. The number of hydrogen-bond donors (Lipinski definition) is 1. The van der Waals surface area contributed by atoms with Gasteiger partial charge in [0.1, 0.15) is 5.75 Å². The summed E-state index contributed by atoms with van der Waals surface area (Å²) in [6, 6.07) is 10.5. The van der Waals surface area contributed by atoms with E-state index in [1.165, 1.54) is 55.0 Å². The van der Waals surface area contributed by atoms with Crippen molar-refractivity contribution in [2.75, 3.05) is 0 Å². The molecule has 0 radical (unpaired) electrons. The lowest BCUT2D eigenvalue weighted by molar-refractivity contribution is -0.00451. The highest BCUT2D eigenvalue weighted by Crippen LogP contribution is 2.61. The van der Waals surface area contributed by atoms with Crippen LogP contribution in [0.5, 0.6) is 5.75 Å². The van der Waals surface area contributed by atoms with Gasteiger partial charge in [-0.25, -0.2) is 0 Å². The van der Waals surface area contributed by atoms with E-state index in [0.29, 0.717) is 11.2 Å². The zero-order valence-electron chi connectivity index (χ0n) is 13.3. The van der Waals surface area contributed by atoms with Crippen molar-refractivity contribution in [2.24, 2.45) is 17.8 Å². The summed E-state index contributed by atoms with van der Waals surface area (Å²) in [6.45, 7) is 2.20. The van der Waals surface area contributed by atoms with E-state index in [1.54, 1.807) is 0 Å². The van der Waals surface area contributed by atoms with Crippen molar-refractivity contribution in [2.45, 2.75) is 50.9 Å². The summed E-state index contributed by atoms with van der Waals surface area (Å²) in [6.07, 6.45) is 8.59. The van der Waals surface area contributed by atoms with Crippen LogP contribution in [0.4, 0.5) is 0 Å². The average Bonchev–Trinajstić information content (AvgIpc) is 2.47. The maximum atomic E-state index is 10.3. The molecule has 1 N–H and O–H groups in total. The Morgan fingerprint density at radius 2 is 1.55 bits per heavy atom. The first-order chi connectivity index (χ1) is 10.6. The van der Waals surface area contributed by atoms with E-state index < -0.39 is 0 Å². The topological polar surface area (TPSA) is 20.2 Å². The molecule has 0 heterocycles. The van der Waals surface area contributed by atoms with Crippen molar-refractivity contribution in [3.8, 4) is 5.75 Å². The highest BCUT2D eigenvalue weighted by molar-refractivity contribution is 5.94. The molecule has 4 aliphatic carbocycles. The summed E-state index contributed by atoms with van der Waals surface area (Å²) >= 11 is 0. The molecule has 0 aliphatic heterocycles. The normalized spacial score (nSPS) is 36.1. The van der Waals surface area contributed by atoms with E-state index >= 15 is 0 Å². The molecular weight excluding hydrogens is 268 g/mol. The third-order valence-electron chi connectivity index (χ3n) is 6.84. The molecule has 0 unspecified atom stereocenters. The van der Waals surface area contributed by atoms with Gasteiger partial charge < -0.3 is 5.11 Å². The summed E-state index contributed by atoms with van der Waals surface area (Å²) in [5, 5.41) is 12.7. The molecule has 0 amide bonds. The zero-order valence-corrected chi connectivity index (χ0v) is 13.3. The molecule has 0 spiro atoms. The van der Waals surface area contributed by atoms with Gasteiger partial charge in [0, 0.05) is 5.39 Å². The van der Waals surface area contributed by atoms with Crippen LogP contribution in [-0.2, 0) is 5.41 Å². The number of fused-ring (bicyclic) bond motifs is 1. The molecule has 4 aliphatic rings. The van der Waals surface area contributed by atoms with E-state index in [1.807, 2.05) is 6.07 Å². The van der Waals surface area contributed by atoms with Crippen molar-refractivity contribution in [1.29, 1.82) is 0 Å². The first-order valence-corrected chi connectivity index (χ1v) is 8.86. The monoisotopic (exact) mass is 292 g/mol. The number of phenolic OH excluding ortho intramolecular Hbond substituents is 1. The number of benzene rings is 2. The second-order valence-electron chi connectivity index (χ2n) is 8.33. The minimum Gasteiger partial charge on any atom is -0.507 e. The van der Waals surface area contributed by atoms with Crippen LogP contribution in [0, 0.1) is 24.7 Å². The minimum absolute atomic E-state index is 0.396. The maximum Gasteiger partial charge on any atom is 0.123 e. The van der Waals surface area contributed by atoms with Crippen LogP contribution in [0.3, 0.4) is 0 Å². The van der Waals surface area contributed by atoms with Gasteiger partial charge in [-0.05, 0) is 91.2 Å². The molecule has 22 heavy (non-hydrogen) atoms. The molecule has 0 saturated heterocycles. The number of aromatic hydroxyl groups is 1. The molecule has 0 atom stereocenters. The standard InChI is InChI=1S/C21H24O/c1-13-3-2-4-17-19(22)6-5-18(20(13)17)21-10-14-7-15(11-21)9-16(8-14)12-21/h2-6,14-16,22H,7-12H2,1H3. The van der Waals surface area contributed by atoms with E-state index in [4.69, 9.17) is 0 Å². The summed E-state index contributed by atoms with van der Waals surface area (Å²) in [7, 11) is 0. The van der Waals surface area contributed by atoms with Gasteiger partial charge in [0.25, 0.3) is 0 Å². The molecule has 1 nitrogen and oxygen atoms in total. The van der Waals surface area contributed by atoms with Gasteiger partial charge in [-0.15, -0.1) is 0 Å². The zero-order chi connectivity index (χ0) is 14.9. The third kappa shape index (κ3) is 1.66. The van der Waals surface area contributed by atoms with Crippen molar-refractivity contribution in [1.82, 2.24) is 0 Å². The van der Waals surface area contributed by atoms with Gasteiger partial charge in [0.2, 0.25) is 0 Å². The second-order valence-corrected chi connectivity index (χ2v) is 8.33. The highest BCUT2D eigenvalue weighted by Gasteiger charge is 2.52. The number of aryl methyl sites for hydroxylation is 1. The Kier molecular flexibility index (Phi) is 2.52. The van der Waals surface area contributed by atoms with Crippen molar-refractivity contribution >= 4 is 10.8 Å². The van der Waals surface area contributed by atoms with Crippen LogP contribution >= 0.6 is 0 Å². The van der Waals surface area contributed by atoms with Gasteiger partial charge in [-0.3, -0.25) is 0 Å². The molecule has 114 valence electrons. The van der Waals surface area contributed by atoms with E-state index in [2.05, 4.69) is 31.2 Å². The summed E-state index contributed by atoms with van der Waals surface area (Å²) in [4.78, 5) is 0. The van der Waals surface area contributed by atoms with Gasteiger partial charge in [-0.2, -0.15) is 0 Å². The lowest BCUT2D eigenvalue weighted by Crippen LogP contribution is -2.48. The Balaban J connectivity index is 1.76. The van der Waals surface area contributed by atoms with E-state index in [-0.39, 0.29) is 0 Å². The Hall–Kier alpha value is -1.50. The molecule has 2 aromatic carbocycles. The molecule has 4 saturated carbocycles. The maximum absolute atomic E-state index is 10.3. The smallest absolute Gasteiger partial charge is 0.123 e. The minimum atomic E-state index is 0.396. The fourth-order valence-corrected chi connectivity index (χ4v) is 6.46. The number of rotatable bonds is 1. The summed E-state index contributed by atoms with van der Waals surface area (Å²) in [5.41, 5.74) is 3.25. The predicted octanol–water partition coefficient (Wildman–Crippen LogP) is 5.32. The fraction of sp³-hybridized carbons (Fsp3) is 0.524. The average molecular weight is 292 g/mol. The Morgan fingerprint density at radius 1 is 0.909 bits per heavy atom. The van der Waals surface area contributed by atoms with Crippen molar-refractivity contribution in [3.63, 3.8) is 0 Å². The van der Waals surface area contributed by atoms with Crippen molar-refractivity contribution < 1.29 is 5.11 Å².